The Kier molecular flexibility index (Phi) is 6.28. The zero-order valence-corrected chi connectivity index (χ0v) is 25.9. The number of nitrogens with zero attached hydrogens (tertiary/aromatic N) is 1. The van der Waals surface area contributed by atoms with Crippen LogP contribution in [-0.4, -0.2) is 22.0 Å². The molecule has 1 saturated heterocycles. The summed E-state index contributed by atoms with van der Waals surface area (Å²) in [6.07, 6.45) is 0.848. The fourth-order valence-corrected chi connectivity index (χ4v) is 11.3. The highest BCUT2D eigenvalue weighted by molar-refractivity contribution is 9.10. The molecule has 1 aromatic heterocycles. The number of imide groups is 1. The second-order valence-electron chi connectivity index (χ2n) is 11.8. The number of aromatic nitrogens is 1. The summed E-state index contributed by atoms with van der Waals surface area (Å²) < 4.78 is 7.43. The first-order chi connectivity index (χ1) is 20.4. The van der Waals surface area contributed by atoms with Crippen LogP contribution in [0.15, 0.2) is 87.1 Å². The minimum atomic E-state index is -0.340. The number of halogens is 1. The number of aromatic amines is 1. The van der Waals surface area contributed by atoms with Crippen LogP contribution in [0.2, 0.25) is 0 Å². The third-order valence-electron chi connectivity index (χ3n) is 9.52. The SMILES string of the molecule is Cc1cccc(COc2ccc(Br)cc2[C@@H]2c3sc(=O)[nH]c3S[C@@H]3[C@@H]4C[C@@H]([C@@H]5C(=O)N(c6ccccc6)C(=O)[C@@H]45)[C@@H]23)c1. The molecule has 2 aliphatic heterocycles. The van der Waals surface area contributed by atoms with Crippen molar-refractivity contribution >= 4 is 56.5 Å². The number of H-pyrrole nitrogens is 1. The number of thioether (sulfide) groups is 1. The summed E-state index contributed by atoms with van der Waals surface area (Å²) in [6.45, 7) is 2.50. The van der Waals surface area contributed by atoms with Gasteiger partial charge >= 0.3 is 4.87 Å². The standard InChI is InChI=1S/C33H27BrN2O4S2/c1-16-6-5-7-17(12-16)15-40-23-11-10-18(34)13-20(23)24-25-21-14-22(28(25)41-30-29(24)42-33(39)35-30)27-26(21)31(37)36(32(27)38)19-8-3-2-4-9-19/h2-13,21-22,24-28H,14-15H2,1H3,(H,35,39)/t21-,22-,24+,25+,26+,27+,28-/m1/s1. The van der Waals surface area contributed by atoms with Crippen molar-refractivity contribution in [2.45, 2.75) is 36.1 Å². The van der Waals surface area contributed by atoms with Crippen LogP contribution in [0.1, 0.15) is 33.9 Å². The number of para-hydroxylation sites is 1. The van der Waals surface area contributed by atoms with E-state index >= 15 is 0 Å². The van der Waals surface area contributed by atoms with Crippen molar-refractivity contribution in [3.05, 3.63) is 109 Å². The van der Waals surface area contributed by atoms with E-state index in [0.717, 1.165) is 37.7 Å². The number of rotatable bonds is 5. The number of carbonyl (C=O) groups excluding carboxylic acids is 2. The molecule has 0 unspecified atom stereocenters. The molecule has 2 saturated carbocycles. The molecule has 2 aliphatic carbocycles. The quantitative estimate of drug-likeness (QED) is 0.240. The molecule has 6 nitrogen and oxygen atoms in total. The number of anilines is 1. The monoisotopic (exact) mass is 658 g/mol. The zero-order valence-electron chi connectivity index (χ0n) is 22.7. The normalized spacial score (nSPS) is 29.0. The van der Waals surface area contributed by atoms with Crippen LogP contribution in [0.5, 0.6) is 5.75 Å². The van der Waals surface area contributed by atoms with Gasteiger partial charge in [0, 0.05) is 26.1 Å². The number of amides is 2. The molecule has 3 heterocycles. The van der Waals surface area contributed by atoms with Gasteiger partial charge in [-0.05, 0) is 67.0 Å². The highest BCUT2D eigenvalue weighted by Crippen LogP contribution is 2.69. The minimum absolute atomic E-state index is 0.0432. The molecular formula is C33H27BrN2O4S2. The molecule has 9 heteroatoms. The molecule has 42 heavy (non-hydrogen) atoms. The highest BCUT2D eigenvalue weighted by atomic mass is 79.9. The van der Waals surface area contributed by atoms with Gasteiger partial charge in [0.15, 0.2) is 0 Å². The molecule has 7 atom stereocenters. The first kappa shape index (κ1) is 26.5. The third kappa shape index (κ3) is 4.00. The summed E-state index contributed by atoms with van der Waals surface area (Å²) in [5.41, 5.74) is 3.94. The summed E-state index contributed by atoms with van der Waals surface area (Å²) in [5, 5.41) is 1.01. The molecule has 2 bridgehead atoms. The lowest BCUT2D eigenvalue weighted by Crippen LogP contribution is -2.42. The zero-order chi connectivity index (χ0) is 28.7. The highest BCUT2D eigenvalue weighted by Gasteiger charge is 2.69. The molecule has 3 fully saturated rings. The van der Waals surface area contributed by atoms with Crippen molar-refractivity contribution in [2.24, 2.45) is 29.6 Å². The van der Waals surface area contributed by atoms with E-state index in [1.807, 2.05) is 48.5 Å². The fourth-order valence-electron chi connectivity index (χ4n) is 8.05. The van der Waals surface area contributed by atoms with Crippen LogP contribution < -0.4 is 14.5 Å². The summed E-state index contributed by atoms with van der Waals surface area (Å²) in [5.74, 6) is 0.0632. The maximum atomic E-state index is 14.0. The van der Waals surface area contributed by atoms with Gasteiger partial charge in [0.2, 0.25) is 11.8 Å². The van der Waals surface area contributed by atoms with Gasteiger partial charge in [-0.1, -0.05) is 75.3 Å². The van der Waals surface area contributed by atoms with Gasteiger partial charge in [-0.15, -0.1) is 11.8 Å². The lowest BCUT2D eigenvalue weighted by atomic mass is 9.68. The topological polar surface area (TPSA) is 79.5 Å². The van der Waals surface area contributed by atoms with Gasteiger partial charge < -0.3 is 9.72 Å². The molecule has 3 aromatic carbocycles. The lowest BCUT2D eigenvalue weighted by Gasteiger charge is -2.43. The van der Waals surface area contributed by atoms with Crippen molar-refractivity contribution in [3.63, 3.8) is 0 Å². The number of hydrogen-bond acceptors (Lipinski definition) is 6. The van der Waals surface area contributed by atoms with Gasteiger partial charge in [-0.25, -0.2) is 0 Å². The van der Waals surface area contributed by atoms with E-state index in [2.05, 4.69) is 52.1 Å². The van der Waals surface area contributed by atoms with Gasteiger partial charge in [0.05, 0.1) is 22.5 Å². The number of ether oxygens (including phenoxy) is 1. The summed E-state index contributed by atoms with van der Waals surface area (Å²) in [6, 6.07) is 23.7. The number of aryl methyl sites for hydroxylation is 1. The number of benzene rings is 3. The fraction of sp³-hybridized carbons (Fsp3) is 0.303. The van der Waals surface area contributed by atoms with Crippen LogP contribution >= 0.6 is 39.0 Å². The predicted octanol–water partition coefficient (Wildman–Crippen LogP) is 6.76. The Bertz CT molecular complexity index is 1800. The van der Waals surface area contributed by atoms with Crippen molar-refractivity contribution in [2.75, 3.05) is 4.90 Å². The number of thiazole rings is 1. The average Bonchev–Trinajstić information content (AvgIpc) is 3.71. The number of fused-ring (bicyclic) bond motifs is 9. The lowest BCUT2D eigenvalue weighted by molar-refractivity contribution is -0.123. The van der Waals surface area contributed by atoms with E-state index in [1.165, 1.54) is 21.8 Å². The van der Waals surface area contributed by atoms with E-state index in [1.54, 1.807) is 11.8 Å². The summed E-state index contributed by atoms with van der Waals surface area (Å²) in [7, 11) is 0. The first-order valence-corrected chi connectivity index (χ1v) is 16.7. The smallest absolute Gasteiger partial charge is 0.305 e. The predicted molar refractivity (Wildman–Crippen MR) is 167 cm³/mol. The molecule has 1 N–H and O–H groups in total. The van der Waals surface area contributed by atoms with Crippen LogP contribution in [0.3, 0.4) is 0 Å². The van der Waals surface area contributed by atoms with Crippen LogP contribution in [-0.2, 0) is 16.2 Å². The van der Waals surface area contributed by atoms with Crippen molar-refractivity contribution in [1.82, 2.24) is 4.98 Å². The van der Waals surface area contributed by atoms with Gasteiger partial charge in [0.1, 0.15) is 12.4 Å². The number of carbonyl (C=O) groups is 2. The Hall–Kier alpha value is -3.14. The second-order valence-corrected chi connectivity index (χ2v) is 14.9. The van der Waals surface area contributed by atoms with Gasteiger partial charge in [0.25, 0.3) is 0 Å². The molecular weight excluding hydrogens is 632 g/mol. The van der Waals surface area contributed by atoms with E-state index < -0.39 is 0 Å². The molecule has 0 spiro atoms. The first-order valence-electron chi connectivity index (χ1n) is 14.2. The van der Waals surface area contributed by atoms with Crippen LogP contribution in [0.4, 0.5) is 5.69 Å². The third-order valence-corrected chi connectivity index (χ3v) is 12.6. The maximum absolute atomic E-state index is 14.0. The summed E-state index contributed by atoms with van der Waals surface area (Å²) in [4.78, 5) is 46.0. The molecule has 0 radical (unpaired) electrons. The van der Waals surface area contributed by atoms with Crippen LogP contribution in [0, 0.1) is 36.5 Å². The van der Waals surface area contributed by atoms with E-state index in [9.17, 15) is 14.4 Å². The number of nitrogens with one attached hydrogen (secondary N) is 1. The van der Waals surface area contributed by atoms with E-state index in [4.69, 9.17) is 4.74 Å². The molecule has 212 valence electrons. The molecule has 4 aliphatic rings. The molecule has 2 amide bonds. The summed E-state index contributed by atoms with van der Waals surface area (Å²) >= 11 is 6.65. The maximum Gasteiger partial charge on any atom is 0.305 e. The van der Waals surface area contributed by atoms with E-state index in [-0.39, 0.29) is 57.4 Å². The van der Waals surface area contributed by atoms with Gasteiger partial charge in [-0.3, -0.25) is 19.3 Å². The van der Waals surface area contributed by atoms with Crippen molar-refractivity contribution in [1.29, 1.82) is 0 Å². The molecule has 4 aromatic rings. The second kappa shape index (κ2) is 9.96. The average molecular weight is 660 g/mol. The Morgan fingerprint density at radius 3 is 2.52 bits per heavy atom. The Balaban J connectivity index is 1.21. The Morgan fingerprint density at radius 2 is 1.74 bits per heavy atom. The minimum Gasteiger partial charge on any atom is -0.489 e. The van der Waals surface area contributed by atoms with Crippen molar-refractivity contribution < 1.29 is 14.3 Å². The van der Waals surface area contributed by atoms with Crippen molar-refractivity contribution in [3.8, 4) is 5.75 Å². The molecule has 8 rings (SSSR count). The largest absolute Gasteiger partial charge is 0.489 e. The Labute approximate surface area is 259 Å². The van der Waals surface area contributed by atoms with Crippen LogP contribution in [0.25, 0.3) is 0 Å². The van der Waals surface area contributed by atoms with E-state index in [0.29, 0.717) is 12.3 Å². The van der Waals surface area contributed by atoms with Gasteiger partial charge in [-0.2, -0.15) is 0 Å². The Morgan fingerprint density at radius 1 is 0.952 bits per heavy atom. The number of hydrogen-bond donors (Lipinski definition) is 1.